The zero-order valence-corrected chi connectivity index (χ0v) is 12.2. The van der Waals surface area contributed by atoms with E-state index in [1.165, 1.54) is 0 Å². The maximum Gasteiger partial charge on any atom is 0.227 e. The molecule has 0 aliphatic carbocycles. The largest absolute Gasteiger partial charge is 0.378 e. The molecule has 0 N–H and O–H groups in total. The van der Waals surface area contributed by atoms with E-state index >= 15 is 0 Å². The van der Waals surface area contributed by atoms with Gasteiger partial charge < -0.3 is 9.64 Å². The van der Waals surface area contributed by atoms with Gasteiger partial charge in [0.25, 0.3) is 0 Å². The van der Waals surface area contributed by atoms with Crippen molar-refractivity contribution in [2.75, 3.05) is 13.7 Å². The molecule has 106 valence electrons. The van der Waals surface area contributed by atoms with Crippen molar-refractivity contribution in [1.82, 2.24) is 14.7 Å². The van der Waals surface area contributed by atoms with Crippen molar-refractivity contribution >= 4 is 17.2 Å². The fourth-order valence-corrected chi connectivity index (χ4v) is 3.10. The molecule has 6 heteroatoms. The molecule has 3 rings (SSSR count). The molecule has 1 aliphatic heterocycles. The van der Waals surface area contributed by atoms with E-state index in [0.29, 0.717) is 26.1 Å². The maximum atomic E-state index is 12.5. The number of hydrogen-bond acceptors (Lipinski definition) is 4. The van der Waals surface area contributed by atoms with Crippen LogP contribution in [-0.2, 0) is 29.0 Å². The summed E-state index contributed by atoms with van der Waals surface area (Å²) < 4.78 is 7.38. The molecule has 0 spiro atoms. The summed E-state index contributed by atoms with van der Waals surface area (Å²) in [5, 5.41) is 8.30. The first-order chi connectivity index (χ1) is 9.76. The Balaban J connectivity index is 1.76. The van der Waals surface area contributed by atoms with Crippen LogP contribution in [0.1, 0.15) is 11.3 Å². The van der Waals surface area contributed by atoms with Crippen LogP contribution in [0.25, 0.3) is 0 Å². The Labute approximate surface area is 121 Å². The van der Waals surface area contributed by atoms with Crippen LogP contribution in [0.4, 0.5) is 0 Å². The van der Waals surface area contributed by atoms with Crippen molar-refractivity contribution in [2.45, 2.75) is 25.6 Å². The Bertz CT molecular complexity index is 579. The first-order valence-electron chi connectivity index (χ1n) is 6.58. The highest BCUT2D eigenvalue weighted by Crippen LogP contribution is 2.15. The number of methoxy groups -OCH3 is 1. The van der Waals surface area contributed by atoms with Gasteiger partial charge in [0.2, 0.25) is 5.91 Å². The summed E-state index contributed by atoms with van der Waals surface area (Å²) in [6.07, 6.45) is 2.21. The number of rotatable bonds is 3. The van der Waals surface area contributed by atoms with E-state index in [1.54, 1.807) is 24.6 Å². The highest BCUT2D eigenvalue weighted by atomic mass is 32.1. The van der Waals surface area contributed by atoms with E-state index < -0.39 is 0 Å². The second kappa shape index (κ2) is 5.76. The molecule has 0 saturated carbocycles. The number of ether oxygens (including phenoxy) is 1. The van der Waals surface area contributed by atoms with Crippen LogP contribution in [0.15, 0.2) is 29.1 Å². The lowest BCUT2D eigenvalue weighted by atomic mass is 10.2. The van der Waals surface area contributed by atoms with Crippen molar-refractivity contribution in [2.24, 2.45) is 0 Å². The molecule has 0 saturated heterocycles. The monoisotopic (exact) mass is 291 g/mol. The molecule has 5 nitrogen and oxygen atoms in total. The Morgan fingerprint density at radius 1 is 1.50 bits per heavy atom. The van der Waals surface area contributed by atoms with Gasteiger partial charge in [0.1, 0.15) is 0 Å². The molecular formula is C14H17N3O2S. The van der Waals surface area contributed by atoms with E-state index in [1.807, 2.05) is 32.5 Å². The Kier molecular flexibility index (Phi) is 3.84. The maximum absolute atomic E-state index is 12.5. The zero-order chi connectivity index (χ0) is 13.9. The van der Waals surface area contributed by atoms with Crippen molar-refractivity contribution in [3.8, 4) is 0 Å². The Morgan fingerprint density at radius 3 is 3.15 bits per heavy atom. The molecule has 2 aromatic rings. The van der Waals surface area contributed by atoms with Gasteiger partial charge in [-0.05, 0) is 28.5 Å². The molecule has 0 radical (unpaired) electrons. The minimum absolute atomic E-state index is 0.0115. The van der Waals surface area contributed by atoms with Crippen LogP contribution in [0, 0.1) is 0 Å². The summed E-state index contributed by atoms with van der Waals surface area (Å²) in [4.78, 5) is 14.3. The van der Waals surface area contributed by atoms with Crippen molar-refractivity contribution < 1.29 is 9.53 Å². The number of carbonyl (C=O) groups is 1. The molecule has 20 heavy (non-hydrogen) atoms. The van der Waals surface area contributed by atoms with Gasteiger partial charge >= 0.3 is 0 Å². The molecule has 1 amide bonds. The summed E-state index contributed by atoms with van der Waals surface area (Å²) in [7, 11) is 1.68. The SMILES string of the molecule is CO[C@@H]1CN(C(=O)Cc2ccsc2)Cc2ccnn2C1. The summed E-state index contributed by atoms with van der Waals surface area (Å²) in [5.74, 6) is 0.139. The third-order valence-electron chi connectivity index (χ3n) is 3.58. The lowest BCUT2D eigenvalue weighted by Gasteiger charge is -2.23. The van der Waals surface area contributed by atoms with E-state index in [0.717, 1.165) is 11.3 Å². The number of amides is 1. The van der Waals surface area contributed by atoms with E-state index in [-0.39, 0.29) is 12.0 Å². The van der Waals surface area contributed by atoms with Crippen LogP contribution >= 0.6 is 11.3 Å². The predicted octanol–water partition coefficient (Wildman–Crippen LogP) is 1.54. The van der Waals surface area contributed by atoms with Crippen LogP contribution in [0.3, 0.4) is 0 Å². The highest BCUT2D eigenvalue weighted by molar-refractivity contribution is 7.07. The summed E-state index contributed by atoms with van der Waals surface area (Å²) in [6.45, 7) is 1.91. The van der Waals surface area contributed by atoms with Gasteiger partial charge in [0.15, 0.2) is 0 Å². The second-order valence-electron chi connectivity index (χ2n) is 4.95. The minimum atomic E-state index is -0.0115. The van der Waals surface area contributed by atoms with Crippen LogP contribution in [-0.4, -0.2) is 40.3 Å². The average molecular weight is 291 g/mol. The van der Waals surface area contributed by atoms with Crippen LogP contribution < -0.4 is 0 Å². The fraction of sp³-hybridized carbons (Fsp3) is 0.429. The highest BCUT2D eigenvalue weighted by Gasteiger charge is 2.25. The Morgan fingerprint density at radius 2 is 2.40 bits per heavy atom. The number of fused-ring (bicyclic) bond motifs is 1. The van der Waals surface area contributed by atoms with Gasteiger partial charge in [-0.15, -0.1) is 0 Å². The van der Waals surface area contributed by atoms with Crippen LogP contribution in [0.2, 0.25) is 0 Å². The minimum Gasteiger partial charge on any atom is -0.378 e. The topological polar surface area (TPSA) is 47.4 Å². The normalized spacial score (nSPS) is 18.6. The number of carbonyl (C=O) groups excluding carboxylic acids is 1. The lowest BCUT2D eigenvalue weighted by Crippen LogP contribution is -2.37. The summed E-state index contributed by atoms with van der Waals surface area (Å²) in [5.41, 5.74) is 2.13. The first kappa shape index (κ1) is 13.3. The second-order valence-corrected chi connectivity index (χ2v) is 5.73. The number of thiophene rings is 1. The summed E-state index contributed by atoms with van der Waals surface area (Å²) in [6, 6.07) is 3.96. The van der Waals surface area contributed by atoms with E-state index in [4.69, 9.17) is 4.74 Å². The van der Waals surface area contributed by atoms with Crippen molar-refractivity contribution in [3.05, 3.63) is 40.3 Å². The molecule has 1 atom stereocenters. The summed E-state index contributed by atoms with van der Waals surface area (Å²) >= 11 is 1.62. The fourth-order valence-electron chi connectivity index (χ4n) is 2.43. The Hall–Kier alpha value is -1.66. The number of aromatic nitrogens is 2. The zero-order valence-electron chi connectivity index (χ0n) is 11.4. The van der Waals surface area contributed by atoms with Gasteiger partial charge in [0.05, 0.1) is 31.3 Å². The smallest absolute Gasteiger partial charge is 0.227 e. The standard InChI is InChI=1S/C14H17N3O2S/c1-19-13-8-16(7-12-2-4-15-17(12)9-13)14(18)6-11-3-5-20-10-11/h2-5,10,13H,6-9H2,1H3/t13-/m1/s1. The van der Waals surface area contributed by atoms with Gasteiger partial charge in [0, 0.05) is 19.9 Å². The van der Waals surface area contributed by atoms with Gasteiger partial charge in [-0.3, -0.25) is 9.48 Å². The molecule has 0 bridgehead atoms. The molecule has 0 fully saturated rings. The lowest BCUT2D eigenvalue weighted by molar-refractivity contribution is -0.132. The first-order valence-corrected chi connectivity index (χ1v) is 7.53. The van der Waals surface area contributed by atoms with Gasteiger partial charge in [-0.1, -0.05) is 0 Å². The molecule has 1 aliphatic rings. The molecule has 2 aromatic heterocycles. The molecule has 0 unspecified atom stereocenters. The number of hydrogen-bond donors (Lipinski definition) is 0. The average Bonchev–Trinajstić information content (AvgIpc) is 3.06. The number of nitrogens with zero attached hydrogens (tertiary/aromatic N) is 3. The molecule has 0 aromatic carbocycles. The third-order valence-corrected chi connectivity index (χ3v) is 4.31. The van der Waals surface area contributed by atoms with E-state index in [2.05, 4.69) is 5.10 Å². The third kappa shape index (κ3) is 2.76. The quantitative estimate of drug-likeness (QED) is 0.862. The van der Waals surface area contributed by atoms with Crippen molar-refractivity contribution in [3.63, 3.8) is 0 Å². The predicted molar refractivity (Wildman–Crippen MR) is 76.5 cm³/mol. The van der Waals surface area contributed by atoms with Gasteiger partial charge in [-0.2, -0.15) is 16.4 Å². The molecule has 3 heterocycles. The molecular weight excluding hydrogens is 274 g/mol. The van der Waals surface area contributed by atoms with Gasteiger partial charge in [-0.25, -0.2) is 0 Å². The van der Waals surface area contributed by atoms with E-state index in [9.17, 15) is 4.79 Å². The van der Waals surface area contributed by atoms with Crippen LogP contribution in [0.5, 0.6) is 0 Å². The van der Waals surface area contributed by atoms with Crippen molar-refractivity contribution in [1.29, 1.82) is 0 Å².